The van der Waals surface area contributed by atoms with Crippen LogP contribution in [0.5, 0.6) is 0 Å². The number of carbonyl (C=O) groups is 2. The van der Waals surface area contributed by atoms with Gasteiger partial charge in [0.15, 0.2) is 0 Å². The normalized spacial score (nSPS) is 20.8. The lowest BCUT2D eigenvalue weighted by Crippen LogP contribution is -2.51. The Morgan fingerprint density at radius 3 is 2.56 bits per heavy atom. The molecule has 0 saturated carbocycles. The largest absolute Gasteiger partial charge is 0.379 e. The van der Waals surface area contributed by atoms with Crippen molar-refractivity contribution in [1.29, 1.82) is 0 Å². The van der Waals surface area contributed by atoms with E-state index in [1.54, 1.807) is 18.0 Å². The quantitative estimate of drug-likeness (QED) is 0.614. The second-order valence-corrected chi connectivity index (χ2v) is 10.5. The van der Waals surface area contributed by atoms with E-state index in [-0.39, 0.29) is 41.5 Å². The van der Waals surface area contributed by atoms with Gasteiger partial charge in [-0.15, -0.1) is 0 Å². The van der Waals surface area contributed by atoms with Crippen molar-refractivity contribution in [3.63, 3.8) is 0 Å². The van der Waals surface area contributed by atoms with Gasteiger partial charge in [-0.1, -0.05) is 19.9 Å². The maximum atomic E-state index is 13.0. The second-order valence-electron chi connectivity index (χ2n) is 8.59. The Morgan fingerprint density at radius 1 is 1.22 bits per heavy atom. The first-order valence-corrected chi connectivity index (χ1v) is 12.5. The third kappa shape index (κ3) is 5.86. The van der Waals surface area contributed by atoms with E-state index in [0.717, 1.165) is 12.8 Å². The molecule has 2 fully saturated rings. The van der Waals surface area contributed by atoms with Crippen LogP contribution in [0.1, 0.15) is 37.0 Å². The fourth-order valence-corrected chi connectivity index (χ4v) is 5.35. The lowest BCUT2D eigenvalue weighted by Gasteiger charge is -2.28. The molecule has 2 aliphatic rings. The number of carbonyl (C=O) groups excluding carboxylic acids is 2. The summed E-state index contributed by atoms with van der Waals surface area (Å²) in [5.41, 5.74) is 0.194. The van der Waals surface area contributed by atoms with Gasteiger partial charge >= 0.3 is 0 Å². The highest BCUT2D eigenvalue weighted by Gasteiger charge is 2.31. The van der Waals surface area contributed by atoms with E-state index in [1.807, 2.05) is 13.8 Å². The number of amides is 2. The van der Waals surface area contributed by atoms with Gasteiger partial charge in [0.1, 0.15) is 6.04 Å². The maximum absolute atomic E-state index is 13.0. The Hall–Kier alpha value is -2.01. The van der Waals surface area contributed by atoms with Crippen LogP contribution in [0.15, 0.2) is 29.2 Å². The van der Waals surface area contributed by atoms with Crippen LogP contribution in [-0.4, -0.2) is 88.1 Å². The summed E-state index contributed by atoms with van der Waals surface area (Å²) in [6.45, 7) is 6.16. The summed E-state index contributed by atoms with van der Waals surface area (Å²) < 4.78 is 38.0. The number of benzene rings is 1. The molecule has 0 bridgehead atoms. The molecule has 1 aromatic rings. The van der Waals surface area contributed by atoms with Crippen LogP contribution < -0.4 is 5.32 Å². The molecule has 0 spiro atoms. The molecule has 2 amide bonds. The fourth-order valence-electron chi connectivity index (χ4n) is 3.89. The van der Waals surface area contributed by atoms with Gasteiger partial charge in [0.2, 0.25) is 15.9 Å². The lowest BCUT2D eigenvalue weighted by atomic mass is 10.0. The minimum absolute atomic E-state index is 0.0227. The van der Waals surface area contributed by atoms with Crippen LogP contribution in [0.4, 0.5) is 0 Å². The molecule has 0 aliphatic carbocycles. The van der Waals surface area contributed by atoms with Crippen molar-refractivity contribution in [3.05, 3.63) is 29.8 Å². The SMILES string of the molecule is CC(C)C(NC(=O)c1cccc(S(=O)(=O)N2CCOCC2)c1)C(=O)N(C)CC1CCCO1. The first-order chi connectivity index (χ1) is 15.2. The Labute approximate surface area is 190 Å². The Kier molecular flexibility index (Phi) is 8.26. The molecule has 2 saturated heterocycles. The second kappa shape index (κ2) is 10.7. The molecule has 3 rings (SSSR count). The highest BCUT2D eigenvalue weighted by molar-refractivity contribution is 7.89. The summed E-state index contributed by atoms with van der Waals surface area (Å²) in [4.78, 5) is 27.6. The molecule has 2 heterocycles. The summed E-state index contributed by atoms with van der Waals surface area (Å²) in [5, 5.41) is 2.80. The summed E-state index contributed by atoms with van der Waals surface area (Å²) in [6, 6.07) is 5.19. The number of sulfonamides is 1. The summed E-state index contributed by atoms with van der Waals surface area (Å²) in [7, 11) is -2.01. The number of likely N-dealkylation sites (N-methyl/N-ethyl adjacent to an activating group) is 1. The fraction of sp³-hybridized carbons (Fsp3) is 0.636. The van der Waals surface area contributed by atoms with E-state index >= 15 is 0 Å². The molecule has 1 aromatic carbocycles. The van der Waals surface area contributed by atoms with Crippen molar-refractivity contribution in [2.24, 2.45) is 5.92 Å². The third-order valence-corrected chi connectivity index (χ3v) is 7.70. The molecule has 178 valence electrons. The highest BCUT2D eigenvalue weighted by Crippen LogP contribution is 2.19. The third-order valence-electron chi connectivity index (χ3n) is 5.80. The van der Waals surface area contributed by atoms with Gasteiger partial charge < -0.3 is 19.7 Å². The van der Waals surface area contributed by atoms with Crippen LogP contribution in [0.3, 0.4) is 0 Å². The van der Waals surface area contributed by atoms with Gasteiger partial charge in [0.05, 0.1) is 24.2 Å². The van der Waals surface area contributed by atoms with E-state index in [2.05, 4.69) is 5.32 Å². The average molecular weight is 468 g/mol. The smallest absolute Gasteiger partial charge is 0.251 e. The summed E-state index contributed by atoms with van der Waals surface area (Å²) >= 11 is 0. The van der Waals surface area contributed by atoms with Crippen LogP contribution >= 0.6 is 0 Å². The standard InChI is InChI=1S/C22H33N3O6S/c1-16(2)20(22(27)24(3)15-18-7-5-11-31-18)23-21(26)17-6-4-8-19(14-17)32(28,29)25-9-12-30-13-10-25/h4,6,8,14,16,18,20H,5,7,9-13,15H2,1-3H3,(H,23,26). The van der Waals surface area contributed by atoms with Gasteiger partial charge in [-0.25, -0.2) is 8.42 Å². The minimum Gasteiger partial charge on any atom is -0.379 e. The summed E-state index contributed by atoms with van der Waals surface area (Å²) in [6.07, 6.45) is 1.93. The van der Waals surface area contributed by atoms with E-state index in [1.165, 1.54) is 22.5 Å². The van der Waals surface area contributed by atoms with Crippen molar-refractivity contribution in [1.82, 2.24) is 14.5 Å². The zero-order valence-corrected chi connectivity index (χ0v) is 19.8. The first-order valence-electron chi connectivity index (χ1n) is 11.1. The van der Waals surface area contributed by atoms with Crippen molar-refractivity contribution in [2.45, 2.75) is 43.7 Å². The molecule has 2 atom stereocenters. The highest BCUT2D eigenvalue weighted by atomic mass is 32.2. The zero-order chi connectivity index (χ0) is 23.3. The van der Waals surface area contributed by atoms with Crippen LogP contribution in [0, 0.1) is 5.92 Å². The van der Waals surface area contributed by atoms with Gasteiger partial charge in [-0.3, -0.25) is 9.59 Å². The molecule has 0 aromatic heterocycles. The van der Waals surface area contributed by atoms with Crippen molar-refractivity contribution in [2.75, 3.05) is 46.5 Å². The molecular formula is C22H33N3O6S. The topological polar surface area (TPSA) is 105 Å². The van der Waals surface area contributed by atoms with Gasteiger partial charge in [-0.2, -0.15) is 4.31 Å². The van der Waals surface area contributed by atoms with E-state index in [4.69, 9.17) is 9.47 Å². The van der Waals surface area contributed by atoms with E-state index < -0.39 is 22.0 Å². The number of nitrogens with one attached hydrogen (secondary N) is 1. The van der Waals surface area contributed by atoms with Crippen molar-refractivity contribution >= 4 is 21.8 Å². The first kappa shape index (κ1) is 24.6. The van der Waals surface area contributed by atoms with Crippen molar-refractivity contribution < 1.29 is 27.5 Å². The number of rotatable bonds is 8. The summed E-state index contributed by atoms with van der Waals surface area (Å²) in [5.74, 6) is -0.818. The Morgan fingerprint density at radius 2 is 1.94 bits per heavy atom. The zero-order valence-electron chi connectivity index (χ0n) is 19.0. The van der Waals surface area contributed by atoms with E-state index in [9.17, 15) is 18.0 Å². The monoisotopic (exact) mass is 467 g/mol. The van der Waals surface area contributed by atoms with E-state index in [0.29, 0.717) is 26.4 Å². The van der Waals surface area contributed by atoms with Crippen LogP contribution in [0.2, 0.25) is 0 Å². The number of morpholine rings is 1. The van der Waals surface area contributed by atoms with Gasteiger partial charge in [0.25, 0.3) is 5.91 Å². The molecule has 2 unspecified atom stereocenters. The predicted octanol–water partition coefficient (Wildman–Crippen LogP) is 1.10. The van der Waals surface area contributed by atoms with Crippen LogP contribution in [-0.2, 0) is 24.3 Å². The predicted molar refractivity (Wildman–Crippen MR) is 119 cm³/mol. The molecule has 2 aliphatic heterocycles. The number of hydrogen-bond donors (Lipinski definition) is 1. The Balaban J connectivity index is 1.71. The van der Waals surface area contributed by atoms with Gasteiger partial charge in [0, 0.05) is 38.9 Å². The lowest BCUT2D eigenvalue weighted by molar-refractivity contribution is -0.134. The number of hydrogen-bond acceptors (Lipinski definition) is 6. The number of ether oxygens (including phenoxy) is 2. The molecule has 0 radical (unpaired) electrons. The van der Waals surface area contributed by atoms with Crippen LogP contribution in [0.25, 0.3) is 0 Å². The molecular weight excluding hydrogens is 434 g/mol. The Bertz CT molecular complexity index is 908. The van der Waals surface area contributed by atoms with Gasteiger partial charge in [-0.05, 0) is 37.0 Å². The average Bonchev–Trinajstić information content (AvgIpc) is 3.30. The minimum atomic E-state index is -3.72. The molecule has 10 heteroatoms. The number of nitrogens with zero attached hydrogens (tertiary/aromatic N) is 2. The maximum Gasteiger partial charge on any atom is 0.251 e. The molecule has 32 heavy (non-hydrogen) atoms. The molecule has 1 N–H and O–H groups in total. The molecule has 9 nitrogen and oxygen atoms in total. The van der Waals surface area contributed by atoms with Crippen molar-refractivity contribution in [3.8, 4) is 0 Å².